The van der Waals surface area contributed by atoms with Gasteiger partial charge in [-0.2, -0.15) is 5.26 Å². The first-order valence-electron chi connectivity index (χ1n) is 10.7. The van der Waals surface area contributed by atoms with Gasteiger partial charge in [0, 0.05) is 12.2 Å². The molecule has 4 fully saturated rings. The van der Waals surface area contributed by atoms with Crippen molar-refractivity contribution in [3.8, 4) is 11.8 Å². The summed E-state index contributed by atoms with van der Waals surface area (Å²) in [6.07, 6.45) is 9.31. The van der Waals surface area contributed by atoms with Crippen LogP contribution in [0.2, 0.25) is 0 Å². The Morgan fingerprint density at radius 2 is 1.86 bits per heavy atom. The molecule has 5 nitrogen and oxygen atoms in total. The predicted molar refractivity (Wildman–Crippen MR) is 113 cm³/mol. The minimum Gasteiger partial charge on any atom is -0.495 e. The van der Waals surface area contributed by atoms with Crippen LogP contribution < -0.4 is 15.4 Å². The lowest BCUT2D eigenvalue weighted by molar-refractivity contribution is -0.122. The Kier molecular flexibility index (Phi) is 5.29. The lowest BCUT2D eigenvalue weighted by atomic mass is 9.48. The molecule has 5 rings (SSSR count). The normalized spacial score (nSPS) is 31.1. The molecule has 5 heteroatoms. The fraction of sp³-hybridized carbons (Fsp3) is 0.583. The molecule has 0 aromatic heterocycles. The van der Waals surface area contributed by atoms with Gasteiger partial charge >= 0.3 is 0 Å². The molecule has 29 heavy (non-hydrogen) atoms. The Morgan fingerprint density at radius 3 is 2.41 bits per heavy atom. The summed E-state index contributed by atoms with van der Waals surface area (Å²) >= 11 is 0. The van der Waals surface area contributed by atoms with E-state index in [1.807, 2.05) is 31.2 Å². The van der Waals surface area contributed by atoms with Gasteiger partial charge in [-0.1, -0.05) is 6.07 Å². The van der Waals surface area contributed by atoms with Crippen LogP contribution in [0.5, 0.6) is 5.75 Å². The third kappa shape index (κ3) is 3.85. The number of hydrogen-bond donors (Lipinski definition) is 2. The predicted octanol–water partition coefficient (Wildman–Crippen LogP) is 4.54. The number of carbonyl (C=O) groups is 1. The largest absolute Gasteiger partial charge is 0.495 e. The molecule has 154 valence electrons. The van der Waals surface area contributed by atoms with Crippen LogP contribution in [-0.4, -0.2) is 19.1 Å². The van der Waals surface area contributed by atoms with E-state index < -0.39 is 0 Å². The molecule has 0 radical (unpaired) electrons. The second-order valence-electron chi connectivity index (χ2n) is 9.49. The summed E-state index contributed by atoms with van der Waals surface area (Å²) in [5.74, 6) is 2.88. The second kappa shape index (κ2) is 7.74. The van der Waals surface area contributed by atoms with Crippen molar-refractivity contribution in [1.82, 2.24) is 5.32 Å². The van der Waals surface area contributed by atoms with E-state index in [4.69, 9.17) is 4.74 Å². The van der Waals surface area contributed by atoms with Crippen LogP contribution in [0, 0.1) is 41.4 Å². The molecule has 1 amide bonds. The topological polar surface area (TPSA) is 74.1 Å². The van der Waals surface area contributed by atoms with Crippen LogP contribution in [0.15, 0.2) is 30.0 Å². The zero-order valence-corrected chi connectivity index (χ0v) is 17.6. The maximum atomic E-state index is 12.8. The molecule has 4 bridgehead atoms. The van der Waals surface area contributed by atoms with Crippen LogP contribution in [0.1, 0.15) is 51.0 Å². The van der Waals surface area contributed by atoms with Crippen molar-refractivity contribution in [3.05, 3.63) is 35.5 Å². The van der Waals surface area contributed by atoms with E-state index in [2.05, 4.69) is 17.6 Å². The first kappa shape index (κ1) is 19.8. The number of amides is 1. The van der Waals surface area contributed by atoms with Gasteiger partial charge in [0.05, 0.1) is 12.8 Å². The number of nitrogens with one attached hydrogen (secondary N) is 2. The van der Waals surface area contributed by atoms with Gasteiger partial charge < -0.3 is 15.4 Å². The summed E-state index contributed by atoms with van der Waals surface area (Å²) in [4.78, 5) is 12.8. The molecule has 0 spiro atoms. The van der Waals surface area contributed by atoms with Crippen LogP contribution in [0.25, 0.3) is 0 Å². The van der Waals surface area contributed by atoms with E-state index in [-0.39, 0.29) is 22.9 Å². The maximum absolute atomic E-state index is 12.8. The smallest absolute Gasteiger partial charge is 0.263 e. The van der Waals surface area contributed by atoms with Gasteiger partial charge in [-0.05, 0) is 93.2 Å². The van der Waals surface area contributed by atoms with E-state index in [1.165, 1.54) is 44.7 Å². The van der Waals surface area contributed by atoms with Gasteiger partial charge in [-0.15, -0.1) is 0 Å². The number of benzene rings is 1. The molecular formula is C24H31N3O2. The lowest BCUT2D eigenvalue weighted by Crippen LogP contribution is -2.56. The second-order valence-corrected chi connectivity index (χ2v) is 9.49. The lowest BCUT2D eigenvalue weighted by Gasteiger charge is -2.59. The highest BCUT2D eigenvalue weighted by molar-refractivity contribution is 5.97. The minimum absolute atomic E-state index is 0.0881. The van der Waals surface area contributed by atoms with Crippen LogP contribution in [0.4, 0.5) is 5.69 Å². The van der Waals surface area contributed by atoms with Crippen molar-refractivity contribution in [2.24, 2.45) is 23.2 Å². The van der Waals surface area contributed by atoms with Gasteiger partial charge in [-0.3, -0.25) is 4.79 Å². The number of rotatable bonds is 6. The number of carbonyl (C=O) groups excluding carboxylic acids is 1. The number of ether oxygens (including phenoxy) is 1. The molecule has 4 aliphatic carbocycles. The summed E-state index contributed by atoms with van der Waals surface area (Å²) in [5, 5.41) is 15.8. The number of methoxy groups -OCH3 is 1. The van der Waals surface area contributed by atoms with Crippen LogP contribution in [0.3, 0.4) is 0 Å². The molecule has 1 aromatic carbocycles. The summed E-state index contributed by atoms with van der Waals surface area (Å²) < 4.78 is 5.35. The standard InChI is InChI=1S/C24H31N3O2/c1-15-4-5-22(29-3)21(6-15)26-14-20(13-25)23(28)27-16(2)24-10-17-7-18(11-24)9-19(8-17)12-24/h4-6,14,16-19,26H,7-12H2,1-3H3,(H,27,28)/b20-14-. The molecule has 4 aliphatic rings. The zero-order valence-electron chi connectivity index (χ0n) is 17.6. The highest BCUT2D eigenvalue weighted by atomic mass is 16.5. The van der Waals surface area contributed by atoms with Crippen molar-refractivity contribution in [3.63, 3.8) is 0 Å². The molecule has 2 N–H and O–H groups in total. The number of anilines is 1. The van der Waals surface area contributed by atoms with Crippen molar-refractivity contribution in [2.45, 2.75) is 58.4 Å². The first-order valence-corrected chi connectivity index (χ1v) is 10.7. The van der Waals surface area contributed by atoms with Crippen molar-refractivity contribution < 1.29 is 9.53 Å². The molecule has 0 aliphatic heterocycles. The monoisotopic (exact) mass is 393 g/mol. The summed E-state index contributed by atoms with van der Waals surface area (Å²) in [6.45, 7) is 4.12. The quantitative estimate of drug-likeness (QED) is 0.549. The molecule has 1 atom stereocenters. The van der Waals surface area contributed by atoms with E-state index in [0.29, 0.717) is 5.75 Å². The third-order valence-corrected chi connectivity index (χ3v) is 7.44. The molecule has 4 saturated carbocycles. The minimum atomic E-state index is -0.296. The highest BCUT2D eigenvalue weighted by Gasteiger charge is 2.53. The van der Waals surface area contributed by atoms with E-state index in [1.54, 1.807) is 7.11 Å². The van der Waals surface area contributed by atoms with E-state index in [0.717, 1.165) is 29.0 Å². The summed E-state index contributed by atoms with van der Waals surface area (Å²) in [5.41, 5.74) is 2.12. The van der Waals surface area contributed by atoms with Crippen molar-refractivity contribution in [1.29, 1.82) is 5.26 Å². The fourth-order valence-corrected chi connectivity index (χ4v) is 6.37. The Balaban J connectivity index is 1.45. The summed E-state index contributed by atoms with van der Waals surface area (Å²) in [7, 11) is 1.60. The Bertz CT molecular complexity index is 832. The van der Waals surface area contributed by atoms with Gasteiger partial charge in [-0.25, -0.2) is 0 Å². The van der Waals surface area contributed by atoms with Gasteiger partial charge in [0.2, 0.25) is 0 Å². The Morgan fingerprint density at radius 1 is 1.24 bits per heavy atom. The molecule has 1 unspecified atom stereocenters. The SMILES string of the molecule is COc1ccc(C)cc1N/C=C(/C#N)C(=O)NC(C)C12CC3CC(CC(C3)C1)C2. The van der Waals surface area contributed by atoms with E-state index >= 15 is 0 Å². The van der Waals surface area contributed by atoms with Crippen molar-refractivity contribution >= 4 is 11.6 Å². The third-order valence-electron chi connectivity index (χ3n) is 7.44. The van der Waals surface area contributed by atoms with Gasteiger partial charge in [0.25, 0.3) is 5.91 Å². The number of nitrogens with zero attached hydrogens (tertiary/aromatic N) is 1. The van der Waals surface area contributed by atoms with E-state index in [9.17, 15) is 10.1 Å². The average molecular weight is 394 g/mol. The number of nitriles is 1. The molecular weight excluding hydrogens is 362 g/mol. The van der Waals surface area contributed by atoms with Crippen LogP contribution >= 0.6 is 0 Å². The average Bonchev–Trinajstić information content (AvgIpc) is 2.67. The molecule has 1 aromatic rings. The summed E-state index contributed by atoms with van der Waals surface area (Å²) in [6, 6.07) is 7.90. The number of hydrogen-bond acceptors (Lipinski definition) is 4. The Hall–Kier alpha value is -2.48. The fourth-order valence-electron chi connectivity index (χ4n) is 6.37. The zero-order chi connectivity index (χ0) is 20.6. The first-order chi connectivity index (χ1) is 13.9. The number of aryl methyl sites for hydroxylation is 1. The van der Waals surface area contributed by atoms with Gasteiger partial charge in [0.1, 0.15) is 17.4 Å². The molecule has 0 heterocycles. The van der Waals surface area contributed by atoms with Crippen molar-refractivity contribution in [2.75, 3.05) is 12.4 Å². The highest BCUT2D eigenvalue weighted by Crippen LogP contribution is 2.61. The Labute approximate surface area is 173 Å². The maximum Gasteiger partial charge on any atom is 0.263 e. The van der Waals surface area contributed by atoms with Gasteiger partial charge in [0.15, 0.2) is 0 Å². The molecule has 0 saturated heterocycles. The van der Waals surface area contributed by atoms with Crippen LogP contribution in [-0.2, 0) is 4.79 Å².